The number of aromatic hydroxyl groups is 8. The Morgan fingerprint density at radius 2 is 0.947 bits per heavy atom. The van der Waals surface area contributed by atoms with Crippen molar-refractivity contribution in [1.29, 1.82) is 0 Å². The maximum atomic E-state index is 13.3. The van der Waals surface area contributed by atoms with Gasteiger partial charge in [0.05, 0.1) is 0 Å². The van der Waals surface area contributed by atoms with Gasteiger partial charge in [0.1, 0.15) is 23.0 Å². The number of carbonyl (C=O) groups is 2. The van der Waals surface area contributed by atoms with Crippen molar-refractivity contribution in [3.05, 3.63) is 82.9 Å². The summed E-state index contributed by atoms with van der Waals surface area (Å²) in [6, 6.07) is 11.1. The molecular weight excluding hydrogens is 496 g/mol. The van der Waals surface area contributed by atoms with Gasteiger partial charge in [0.25, 0.3) is 0 Å². The standard InChI is InChI=1S/C28H22O10/c29-16-3-13(4-17(30)8-16)1-2-14-7-23(33)24(34)10-20(14)21-11-25(35)26(36)12-22(21)28(38)27(37)15-5-18(31)9-19(32)6-15/h3-12,29-36H,1-2H2. The van der Waals surface area contributed by atoms with Crippen molar-refractivity contribution in [2.75, 3.05) is 0 Å². The smallest absolute Gasteiger partial charge is 0.234 e. The van der Waals surface area contributed by atoms with Crippen LogP contribution in [-0.4, -0.2) is 52.4 Å². The number of hydrogen-bond acceptors (Lipinski definition) is 10. The minimum absolute atomic E-state index is 0.0629. The van der Waals surface area contributed by atoms with Crippen LogP contribution in [0.1, 0.15) is 31.8 Å². The number of rotatable bonds is 7. The molecular formula is C28H22O10. The molecule has 0 bridgehead atoms. The normalized spacial score (nSPS) is 10.8. The number of Topliss-reactive ketones (excluding diaryl/α,β-unsaturated/α-hetero) is 2. The topological polar surface area (TPSA) is 196 Å². The zero-order chi connectivity index (χ0) is 27.7. The van der Waals surface area contributed by atoms with Gasteiger partial charge in [-0.05, 0) is 83.6 Å². The second-order valence-electron chi connectivity index (χ2n) is 8.64. The lowest BCUT2D eigenvalue weighted by atomic mass is 9.88. The summed E-state index contributed by atoms with van der Waals surface area (Å²) in [5, 5.41) is 79.6. The highest BCUT2D eigenvalue weighted by molar-refractivity contribution is 6.50. The molecule has 0 amide bonds. The third-order valence-corrected chi connectivity index (χ3v) is 5.87. The predicted octanol–water partition coefficient (Wildman–Crippen LogP) is 3.85. The lowest BCUT2D eigenvalue weighted by molar-refractivity contribution is 0.0817. The van der Waals surface area contributed by atoms with Crippen molar-refractivity contribution in [3.8, 4) is 57.1 Å². The van der Waals surface area contributed by atoms with Crippen molar-refractivity contribution >= 4 is 11.6 Å². The van der Waals surface area contributed by atoms with Gasteiger partial charge in [-0.2, -0.15) is 0 Å². The molecule has 194 valence electrons. The molecule has 0 aliphatic heterocycles. The Morgan fingerprint density at radius 3 is 1.53 bits per heavy atom. The SMILES string of the molecule is O=C(C(=O)c1cc(O)c(O)cc1-c1cc(O)c(O)cc1CCc1cc(O)cc(O)c1)c1cc(O)cc(O)c1. The Hall–Kier alpha value is -5.38. The number of phenols is 8. The van der Waals surface area contributed by atoms with Gasteiger partial charge < -0.3 is 40.9 Å². The molecule has 0 aliphatic rings. The highest BCUT2D eigenvalue weighted by atomic mass is 16.3. The number of benzene rings is 4. The zero-order valence-electron chi connectivity index (χ0n) is 19.6. The van der Waals surface area contributed by atoms with Crippen LogP contribution >= 0.6 is 0 Å². The number of ketones is 2. The Bertz CT molecular complexity index is 1550. The van der Waals surface area contributed by atoms with Crippen LogP contribution in [0.5, 0.6) is 46.0 Å². The summed E-state index contributed by atoms with van der Waals surface area (Å²) in [6.45, 7) is 0. The summed E-state index contributed by atoms with van der Waals surface area (Å²) < 4.78 is 0. The molecule has 0 spiro atoms. The van der Waals surface area contributed by atoms with Gasteiger partial charge in [-0.15, -0.1) is 0 Å². The van der Waals surface area contributed by atoms with Crippen LogP contribution in [-0.2, 0) is 12.8 Å². The van der Waals surface area contributed by atoms with E-state index in [2.05, 4.69) is 0 Å². The van der Waals surface area contributed by atoms with Crippen LogP contribution < -0.4 is 0 Å². The van der Waals surface area contributed by atoms with Crippen LogP contribution in [0.15, 0.2) is 60.7 Å². The third kappa shape index (κ3) is 5.24. The van der Waals surface area contributed by atoms with Gasteiger partial charge in [0.2, 0.25) is 11.6 Å². The molecule has 0 atom stereocenters. The highest BCUT2D eigenvalue weighted by Crippen LogP contribution is 2.41. The average molecular weight is 518 g/mol. The lowest BCUT2D eigenvalue weighted by Crippen LogP contribution is -2.16. The zero-order valence-corrected chi connectivity index (χ0v) is 19.6. The molecule has 4 aromatic carbocycles. The van der Waals surface area contributed by atoms with Gasteiger partial charge in [-0.1, -0.05) is 0 Å². The van der Waals surface area contributed by atoms with Gasteiger partial charge in [0.15, 0.2) is 23.0 Å². The first-order valence-corrected chi connectivity index (χ1v) is 11.2. The van der Waals surface area contributed by atoms with Crippen molar-refractivity contribution in [1.82, 2.24) is 0 Å². The van der Waals surface area contributed by atoms with E-state index in [1.54, 1.807) is 0 Å². The second-order valence-corrected chi connectivity index (χ2v) is 8.64. The molecule has 0 unspecified atom stereocenters. The molecule has 0 fully saturated rings. The molecule has 0 saturated carbocycles. The molecule has 8 N–H and O–H groups in total. The molecule has 10 nitrogen and oxygen atoms in total. The largest absolute Gasteiger partial charge is 0.508 e. The Kier molecular flexibility index (Phi) is 6.72. The predicted molar refractivity (Wildman–Crippen MR) is 134 cm³/mol. The van der Waals surface area contributed by atoms with Gasteiger partial charge in [0, 0.05) is 23.3 Å². The van der Waals surface area contributed by atoms with Crippen LogP contribution in [0.25, 0.3) is 11.1 Å². The highest BCUT2D eigenvalue weighted by Gasteiger charge is 2.26. The first-order valence-electron chi connectivity index (χ1n) is 11.2. The van der Waals surface area contributed by atoms with Crippen LogP contribution in [0.4, 0.5) is 0 Å². The van der Waals surface area contributed by atoms with E-state index in [1.807, 2.05) is 0 Å². The molecule has 0 aliphatic carbocycles. The molecule has 10 heteroatoms. The van der Waals surface area contributed by atoms with Gasteiger partial charge in [-0.25, -0.2) is 0 Å². The average Bonchev–Trinajstić information content (AvgIpc) is 2.84. The molecule has 0 saturated heterocycles. The van der Waals surface area contributed by atoms with Crippen molar-refractivity contribution in [2.24, 2.45) is 0 Å². The number of carbonyl (C=O) groups excluding carboxylic acids is 2. The first-order chi connectivity index (χ1) is 17.9. The summed E-state index contributed by atoms with van der Waals surface area (Å²) in [5.41, 5.74) is 0.259. The van der Waals surface area contributed by atoms with E-state index in [0.717, 1.165) is 42.5 Å². The fourth-order valence-corrected chi connectivity index (χ4v) is 4.12. The van der Waals surface area contributed by atoms with Crippen molar-refractivity contribution in [3.63, 3.8) is 0 Å². The Labute approximate surface area is 215 Å². The molecule has 4 aromatic rings. The Balaban J connectivity index is 1.82. The van der Waals surface area contributed by atoms with Crippen LogP contribution in [0.3, 0.4) is 0 Å². The lowest BCUT2D eigenvalue weighted by Gasteiger charge is -2.16. The molecule has 38 heavy (non-hydrogen) atoms. The monoisotopic (exact) mass is 518 g/mol. The maximum Gasteiger partial charge on any atom is 0.234 e. The number of hydrogen-bond donors (Lipinski definition) is 8. The summed E-state index contributed by atoms with van der Waals surface area (Å²) >= 11 is 0. The van der Waals surface area contributed by atoms with Crippen molar-refractivity contribution in [2.45, 2.75) is 12.8 Å². The first kappa shape index (κ1) is 25.7. The van der Waals surface area contributed by atoms with E-state index < -0.39 is 46.1 Å². The van der Waals surface area contributed by atoms with E-state index in [4.69, 9.17) is 0 Å². The van der Waals surface area contributed by atoms with Crippen LogP contribution in [0, 0.1) is 0 Å². The number of phenolic OH excluding ortho intramolecular Hbond substituents is 8. The van der Waals surface area contributed by atoms with E-state index in [9.17, 15) is 50.4 Å². The van der Waals surface area contributed by atoms with E-state index in [1.165, 1.54) is 18.2 Å². The third-order valence-electron chi connectivity index (χ3n) is 5.87. The van der Waals surface area contributed by atoms with Gasteiger partial charge in [-0.3, -0.25) is 9.59 Å². The molecule has 0 heterocycles. The van der Waals surface area contributed by atoms with E-state index >= 15 is 0 Å². The summed E-state index contributed by atoms with van der Waals surface area (Å²) in [7, 11) is 0. The molecule has 4 rings (SSSR count). The molecule has 0 aromatic heterocycles. The van der Waals surface area contributed by atoms with E-state index in [-0.39, 0.29) is 46.6 Å². The Morgan fingerprint density at radius 1 is 0.474 bits per heavy atom. The fourth-order valence-electron chi connectivity index (χ4n) is 4.12. The van der Waals surface area contributed by atoms with Crippen LogP contribution in [0.2, 0.25) is 0 Å². The summed E-state index contributed by atoms with van der Waals surface area (Å²) in [6.07, 6.45) is 0.379. The maximum absolute atomic E-state index is 13.3. The fraction of sp³-hybridized carbons (Fsp3) is 0.0714. The quantitative estimate of drug-likeness (QED) is 0.101. The minimum Gasteiger partial charge on any atom is -0.508 e. The second kappa shape index (κ2) is 9.94. The minimum atomic E-state index is -1.16. The summed E-state index contributed by atoms with van der Waals surface area (Å²) in [4.78, 5) is 26.2. The number of aryl methyl sites for hydroxylation is 2. The van der Waals surface area contributed by atoms with E-state index in [0.29, 0.717) is 11.1 Å². The molecule has 0 radical (unpaired) electrons. The van der Waals surface area contributed by atoms with Gasteiger partial charge >= 0.3 is 0 Å². The van der Waals surface area contributed by atoms with Crippen molar-refractivity contribution < 1.29 is 50.4 Å². The summed E-state index contributed by atoms with van der Waals surface area (Å²) in [5.74, 6) is -5.92.